The monoisotopic (exact) mass is 248 g/mol. The van der Waals surface area contributed by atoms with Crippen molar-refractivity contribution in [3.63, 3.8) is 0 Å². The topological polar surface area (TPSA) is 55.9 Å². The Hall–Kier alpha value is -1.19. The molecule has 1 aromatic rings. The Morgan fingerprint density at radius 1 is 1.44 bits per heavy atom. The van der Waals surface area contributed by atoms with Crippen LogP contribution >= 0.6 is 0 Å². The molecule has 100 valence electrons. The van der Waals surface area contributed by atoms with E-state index in [2.05, 4.69) is 24.3 Å². The maximum absolute atomic E-state index is 6.14. The van der Waals surface area contributed by atoms with Crippen molar-refractivity contribution in [3.8, 4) is 0 Å². The Balaban J connectivity index is 1.75. The van der Waals surface area contributed by atoms with E-state index in [-0.39, 0.29) is 0 Å². The zero-order valence-corrected chi connectivity index (χ0v) is 11.7. The number of hydrogen-bond donors (Lipinski definition) is 2. The number of nitrogens with zero attached hydrogens (tertiary/aromatic N) is 2. The molecule has 2 saturated carbocycles. The molecular formula is C14H24N4. The van der Waals surface area contributed by atoms with E-state index in [1.54, 1.807) is 0 Å². The largest absolute Gasteiger partial charge is 0.394 e. The van der Waals surface area contributed by atoms with E-state index < -0.39 is 0 Å². The van der Waals surface area contributed by atoms with E-state index in [4.69, 9.17) is 5.73 Å². The molecule has 3 rings (SSSR count). The zero-order valence-electron chi connectivity index (χ0n) is 11.7. The van der Waals surface area contributed by atoms with Crippen molar-refractivity contribution in [3.05, 3.63) is 5.69 Å². The molecule has 0 radical (unpaired) electrons. The lowest BCUT2D eigenvalue weighted by Gasteiger charge is -2.18. The molecule has 3 N–H and O–H groups in total. The summed E-state index contributed by atoms with van der Waals surface area (Å²) >= 11 is 0. The molecule has 0 spiro atoms. The summed E-state index contributed by atoms with van der Waals surface area (Å²) in [6.45, 7) is 7.34. The fraction of sp³-hybridized carbons (Fsp3) is 0.786. The molecule has 1 heterocycles. The maximum atomic E-state index is 6.14. The number of nitrogens with one attached hydrogen (secondary N) is 1. The van der Waals surface area contributed by atoms with Gasteiger partial charge in [0.2, 0.25) is 0 Å². The summed E-state index contributed by atoms with van der Waals surface area (Å²) in [5.41, 5.74) is 8.47. The van der Waals surface area contributed by atoms with Crippen molar-refractivity contribution < 1.29 is 0 Å². The summed E-state index contributed by atoms with van der Waals surface area (Å²) in [7, 11) is 0. The highest BCUT2D eigenvalue weighted by molar-refractivity contribution is 5.65. The summed E-state index contributed by atoms with van der Waals surface area (Å²) in [4.78, 5) is 0. The normalized spacial score (nSPS) is 21.3. The number of nitrogen functional groups attached to an aromatic ring is 1. The van der Waals surface area contributed by atoms with Gasteiger partial charge in [-0.2, -0.15) is 5.10 Å². The Bertz CT molecular complexity index is 453. The average molecular weight is 248 g/mol. The molecule has 2 aliphatic carbocycles. The summed E-state index contributed by atoms with van der Waals surface area (Å²) in [5, 5.41) is 8.10. The first kappa shape index (κ1) is 11.9. The van der Waals surface area contributed by atoms with E-state index in [0.29, 0.717) is 11.5 Å². The van der Waals surface area contributed by atoms with Gasteiger partial charge in [0, 0.05) is 12.6 Å². The highest BCUT2D eigenvalue weighted by Crippen LogP contribution is 2.61. The first-order valence-electron chi connectivity index (χ1n) is 7.12. The van der Waals surface area contributed by atoms with Crippen LogP contribution in [0.5, 0.6) is 0 Å². The molecule has 0 unspecified atom stereocenters. The van der Waals surface area contributed by atoms with Crippen molar-refractivity contribution >= 4 is 11.5 Å². The molecule has 0 saturated heterocycles. The van der Waals surface area contributed by atoms with Crippen molar-refractivity contribution in [1.29, 1.82) is 0 Å². The summed E-state index contributed by atoms with van der Waals surface area (Å²) in [6, 6.07) is 0.347. The van der Waals surface area contributed by atoms with Crippen molar-refractivity contribution in [2.24, 2.45) is 11.3 Å². The highest BCUT2D eigenvalue weighted by atomic mass is 15.4. The van der Waals surface area contributed by atoms with E-state index in [1.165, 1.54) is 25.7 Å². The minimum absolute atomic E-state index is 0.347. The van der Waals surface area contributed by atoms with Gasteiger partial charge in [-0.3, -0.25) is 0 Å². The number of hydrogen-bond acceptors (Lipinski definition) is 3. The van der Waals surface area contributed by atoms with Gasteiger partial charge in [-0.05, 0) is 57.8 Å². The first-order chi connectivity index (χ1) is 8.53. The van der Waals surface area contributed by atoms with Crippen LogP contribution in [0, 0.1) is 18.3 Å². The fourth-order valence-electron chi connectivity index (χ4n) is 2.96. The second-order valence-corrected chi connectivity index (χ2v) is 6.38. The number of anilines is 2. The van der Waals surface area contributed by atoms with Crippen LogP contribution in [0.2, 0.25) is 0 Å². The van der Waals surface area contributed by atoms with Crippen LogP contribution in [0.4, 0.5) is 11.5 Å². The van der Waals surface area contributed by atoms with Crippen molar-refractivity contribution in [2.45, 2.75) is 52.5 Å². The van der Waals surface area contributed by atoms with Crippen LogP contribution in [-0.2, 0) is 0 Å². The molecule has 0 aromatic carbocycles. The van der Waals surface area contributed by atoms with Crippen LogP contribution in [0.1, 0.15) is 51.3 Å². The van der Waals surface area contributed by atoms with Crippen molar-refractivity contribution in [1.82, 2.24) is 9.78 Å². The van der Waals surface area contributed by atoms with Gasteiger partial charge in [-0.1, -0.05) is 0 Å². The van der Waals surface area contributed by atoms with Gasteiger partial charge in [0.05, 0.1) is 11.4 Å². The third-order valence-electron chi connectivity index (χ3n) is 4.56. The number of rotatable bonds is 5. The molecule has 0 atom stereocenters. The van der Waals surface area contributed by atoms with Gasteiger partial charge in [-0.25, -0.2) is 4.68 Å². The smallest absolute Gasteiger partial charge is 0.148 e. The van der Waals surface area contributed by atoms with Crippen LogP contribution < -0.4 is 11.1 Å². The Kier molecular flexibility index (Phi) is 2.57. The number of aromatic nitrogens is 2. The average Bonchev–Trinajstić information content (AvgIpc) is 3.19. The lowest BCUT2D eigenvalue weighted by atomic mass is 10.0. The zero-order chi connectivity index (χ0) is 12.9. The SMILES string of the molecule is Cc1nn(C(C)C)c(NCC2(C3CC3)CC2)c1N. The molecule has 1 aromatic heterocycles. The number of aryl methyl sites for hydroxylation is 1. The standard InChI is InChI=1S/C14H24N4/c1-9(2)18-13(12(15)10(3)17-18)16-8-14(6-7-14)11-4-5-11/h9,11,16H,4-8,15H2,1-3H3. The minimum Gasteiger partial charge on any atom is -0.394 e. The molecule has 2 aliphatic rings. The summed E-state index contributed by atoms with van der Waals surface area (Å²) in [5.74, 6) is 2.00. The van der Waals surface area contributed by atoms with Gasteiger partial charge >= 0.3 is 0 Å². The minimum atomic E-state index is 0.347. The molecule has 18 heavy (non-hydrogen) atoms. The third kappa shape index (κ3) is 1.88. The second kappa shape index (κ2) is 3.90. The maximum Gasteiger partial charge on any atom is 0.148 e. The molecular weight excluding hydrogens is 224 g/mol. The summed E-state index contributed by atoms with van der Waals surface area (Å²) in [6.07, 6.45) is 5.64. The van der Waals surface area contributed by atoms with Crippen LogP contribution in [-0.4, -0.2) is 16.3 Å². The van der Waals surface area contributed by atoms with Crippen molar-refractivity contribution in [2.75, 3.05) is 17.6 Å². The van der Waals surface area contributed by atoms with Gasteiger partial charge in [0.1, 0.15) is 5.82 Å². The molecule has 0 amide bonds. The number of nitrogens with two attached hydrogens (primary N) is 1. The second-order valence-electron chi connectivity index (χ2n) is 6.38. The molecule has 0 bridgehead atoms. The van der Waals surface area contributed by atoms with E-state index >= 15 is 0 Å². The van der Waals surface area contributed by atoms with Gasteiger partial charge in [0.15, 0.2) is 0 Å². The van der Waals surface area contributed by atoms with Gasteiger partial charge in [0.25, 0.3) is 0 Å². The molecule has 4 nitrogen and oxygen atoms in total. The van der Waals surface area contributed by atoms with Crippen LogP contribution in [0.3, 0.4) is 0 Å². The fourth-order valence-corrected chi connectivity index (χ4v) is 2.96. The quantitative estimate of drug-likeness (QED) is 0.842. The van der Waals surface area contributed by atoms with Gasteiger partial charge < -0.3 is 11.1 Å². The Labute approximate surface area is 109 Å². The first-order valence-corrected chi connectivity index (χ1v) is 7.12. The predicted molar refractivity (Wildman–Crippen MR) is 74.6 cm³/mol. The Morgan fingerprint density at radius 3 is 2.61 bits per heavy atom. The predicted octanol–water partition coefficient (Wildman–Crippen LogP) is 2.96. The third-order valence-corrected chi connectivity index (χ3v) is 4.56. The lowest BCUT2D eigenvalue weighted by molar-refractivity contribution is 0.461. The molecule has 0 aliphatic heterocycles. The van der Waals surface area contributed by atoms with Crippen LogP contribution in [0.15, 0.2) is 0 Å². The van der Waals surface area contributed by atoms with Crippen LogP contribution in [0.25, 0.3) is 0 Å². The summed E-state index contributed by atoms with van der Waals surface area (Å²) < 4.78 is 2.02. The van der Waals surface area contributed by atoms with E-state index in [1.807, 2.05) is 11.6 Å². The molecule has 4 heteroatoms. The van der Waals surface area contributed by atoms with E-state index in [0.717, 1.165) is 29.7 Å². The highest BCUT2D eigenvalue weighted by Gasteiger charge is 2.53. The van der Waals surface area contributed by atoms with E-state index in [9.17, 15) is 0 Å². The Morgan fingerprint density at radius 2 is 2.11 bits per heavy atom. The van der Waals surface area contributed by atoms with Gasteiger partial charge in [-0.15, -0.1) is 0 Å². The molecule has 2 fully saturated rings. The lowest BCUT2D eigenvalue weighted by Crippen LogP contribution is -2.20.